The number of benzene rings is 2. The van der Waals surface area contributed by atoms with Gasteiger partial charge in [0.2, 0.25) is 0 Å². The van der Waals surface area contributed by atoms with Gasteiger partial charge in [-0.3, -0.25) is 0 Å². The first kappa shape index (κ1) is 12.9. The maximum Gasteiger partial charge on any atom is 0.0791 e. The molecular weight excluding hydrogens is 222 g/mol. The Bertz CT molecular complexity index is 519. The average Bonchev–Trinajstić information content (AvgIpc) is 2.36. The van der Waals surface area contributed by atoms with Gasteiger partial charge in [0.05, 0.1) is 5.60 Å². The third-order valence-electron chi connectivity index (χ3n) is 3.21. The van der Waals surface area contributed by atoms with Crippen LogP contribution in [0, 0.1) is 0 Å². The highest BCUT2D eigenvalue weighted by Crippen LogP contribution is 2.20. The van der Waals surface area contributed by atoms with Crippen molar-refractivity contribution in [1.29, 1.82) is 0 Å². The van der Waals surface area contributed by atoms with E-state index < -0.39 is 5.60 Å². The number of fused-ring (bicyclic) bond motifs is 1. The van der Waals surface area contributed by atoms with Gasteiger partial charge in [0.25, 0.3) is 0 Å². The van der Waals surface area contributed by atoms with Gasteiger partial charge in [-0.05, 0) is 36.2 Å². The van der Waals surface area contributed by atoms with Gasteiger partial charge in [-0.15, -0.1) is 0 Å². The van der Waals surface area contributed by atoms with Crippen molar-refractivity contribution in [1.82, 2.24) is 0 Å². The fourth-order valence-corrected chi connectivity index (χ4v) is 2.22. The Morgan fingerprint density at radius 2 is 1.83 bits per heavy atom. The van der Waals surface area contributed by atoms with Crippen LogP contribution in [0.2, 0.25) is 0 Å². The quantitative estimate of drug-likeness (QED) is 0.837. The summed E-state index contributed by atoms with van der Waals surface area (Å²) >= 11 is 0. The zero-order valence-corrected chi connectivity index (χ0v) is 11.1. The lowest BCUT2D eigenvalue weighted by molar-refractivity contribution is 0.0637. The molecule has 2 aromatic carbocycles. The standard InChI is InChI=1S/C16H21NO/c1-3-10-16(2,18)12-17-15-9-8-13-6-4-5-7-14(13)11-15/h4-9,11,17-18H,3,10,12H2,1-2H3. The molecule has 0 saturated carbocycles. The zero-order chi connectivity index (χ0) is 13.0. The highest BCUT2D eigenvalue weighted by atomic mass is 16.3. The van der Waals surface area contributed by atoms with Gasteiger partial charge in [-0.25, -0.2) is 0 Å². The molecule has 2 rings (SSSR count). The van der Waals surface area contributed by atoms with Crippen molar-refractivity contribution in [2.45, 2.75) is 32.3 Å². The van der Waals surface area contributed by atoms with Crippen molar-refractivity contribution >= 4 is 16.5 Å². The van der Waals surface area contributed by atoms with Crippen LogP contribution in [-0.2, 0) is 0 Å². The molecule has 0 heterocycles. The van der Waals surface area contributed by atoms with E-state index >= 15 is 0 Å². The summed E-state index contributed by atoms with van der Waals surface area (Å²) in [5.41, 5.74) is 0.422. The molecule has 0 bridgehead atoms. The Labute approximate surface area is 109 Å². The van der Waals surface area contributed by atoms with E-state index in [0.29, 0.717) is 6.54 Å². The summed E-state index contributed by atoms with van der Waals surface area (Å²) in [5, 5.41) is 15.9. The van der Waals surface area contributed by atoms with E-state index in [-0.39, 0.29) is 0 Å². The summed E-state index contributed by atoms with van der Waals surface area (Å²) in [6.07, 6.45) is 1.81. The molecule has 0 fully saturated rings. The van der Waals surface area contributed by atoms with Crippen LogP contribution in [0.3, 0.4) is 0 Å². The minimum absolute atomic E-state index is 0.583. The molecule has 0 saturated heterocycles. The average molecular weight is 243 g/mol. The molecule has 2 heteroatoms. The number of nitrogens with one attached hydrogen (secondary N) is 1. The molecular formula is C16H21NO. The number of rotatable bonds is 5. The van der Waals surface area contributed by atoms with E-state index in [1.54, 1.807) is 0 Å². The largest absolute Gasteiger partial charge is 0.388 e. The van der Waals surface area contributed by atoms with Gasteiger partial charge in [-0.1, -0.05) is 43.7 Å². The summed E-state index contributed by atoms with van der Waals surface area (Å²) in [6, 6.07) is 14.6. The van der Waals surface area contributed by atoms with Gasteiger partial charge < -0.3 is 10.4 Å². The molecule has 0 amide bonds. The smallest absolute Gasteiger partial charge is 0.0791 e. The normalized spacial score (nSPS) is 14.4. The molecule has 0 spiro atoms. The van der Waals surface area contributed by atoms with E-state index in [2.05, 4.69) is 42.6 Å². The third kappa shape index (κ3) is 3.23. The lowest BCUT2D eigenvalue weighted by Gasteiger charge is -2.23. The van der Waals surface area contributed by atoms with Gasteiger partial charge in [0.1, 0.15) is 0 Å². The predicted molar refractivity (Wildman–Crippen MR) is 78.0 cm³/mol. The molecule has 0 radical (unpaired) electrons. The van der Waals surface area contributed by atoms with E-state index in [9.17, 15) is 5.11 Å². The maximum absolute atomic E-state index is 10.1. The van der Waals surface area contributed by atoms with Crippen molar-refractivity contribution in [3.63, 3.8) is 0 Å². The molecule has 0 aromatic heterocycles. The topological polar surface area (TPSA) is 32.3 Å². The van der Waals surface area contributed by atoms with Crippen LogP contribution in [0.25, 0.3) is 10.8 Å². The fourth-order valence-electron chi connectivity index (χ4n) is 2.22. The minimum Gasteiger partial charge on any atom is -0.388 e. The summed E-state index contributed by atoms with van der Waals surface area (Å²) < 4.78 is 0. The van der Waals surface area contributed by atoms with Gasteiger partial charge in [0.15, 0.2) is 0 Å². The SMILES string of the molecule is CCCC(C)(O)CNc1ccc2ccccc2c1. The monoisotopic (exact) mass is 243 g/mol. The first-order valence-corrected chi connectivity index (χ1v) is 6.56. The Hall–Kier alpha value is -1.54. The molecule has 0 aliphatic carbocycles. The molecule has 96 valence electrons. The molecule has 2 nitrogen and oxygen atoms in total. The van der Waals surface area contributed by atoms with Crippen LogP contribution in [0.5, 0.6) is 0 Å². The van der Waals surface area contributed by atoms with Gasteiger partial charge >= 0.3 is 0 Å². The fraction of sp³-hybridized carbons (Fsp3) is 0.375. The highest BCUT2D eigenvalue weighted by molar-refractivity contribution is 5.85. The second-order valence-electron chi connectivity index (χ2n) is 5.16. The summed E-state index contributed by atoms with van der Waals surface area (Å²) in [6.45, 7) is 4.55. The van der Waals surface area contributed by atoms with Crippen molar-refractivity contribution in [3.05, 3.63) is 42.5 Å². The summed E-state index contributed by atoms with van der Waals surface area (Å²) in [7, 11) is 0. The molecule has 1 unspecified atom stereocenters. The zero-order valence-electron chi connectivity index (χ0n) is 11.1. The first-order valence-electron chi connectivity index (χ1n) is 6.56. The maximum atomic E-state index is 10.1. The molecule has 2 aromatic rings. The van der Waals surface area contributed by atoms with Crippen LogP contribution in [0.4, 0.5) is 5.69 Å². The molecule has 0 aliphatic heterocycles. The van der Waals surface area contributed by atoms with Crippen LogP contribution >= 0.6 is 0 Å². The number of hydrogen-bond acceptors (Lipinski definition) is 2. The molecule has 0 aliphatic rings. The van der Waals surface area contributed by atoms with Crippen LogP contribution < -0.4 is 5.32 Å². The number of anilines is 1. The molecule has 1 atom stereocenters. The lowest BCUT2D eigenvalue weighted by Crippen LogP contribution is -2.33. The highest BCUT2D eigenvalue weighted by Gasteiger charge is 2.18. The first-order chi connectivity index (χ1) is 8.61. The number of aliphatic hydroxyl groups is 1. The Morgan fingerprint density at radius 1 is 1.11 bits per heavy atom. The Balaban J connectivity index is 2.08. The van der Waals surface area contributed by atoms with Crippen LogP contribution in [-0.4, -0.2) is 17.3 Å². The van der Waals surface area contributed by atoms with Gasteiger partial charge in [0, 0.05) is 12.2 Å². The summed E-state index contributed by atoms with van der Waals surface area (Å²) in [5.74, 6) is 0. The van der Waals surface area contributed by atoms with Crippen LogP contribution in [0.15, 0.2) is 42.5 Å². The van der Waals surface area contributed by atoms with E-state index in [0.717, 1.165) is 18.5 Å². The van der Waals surface area contributed by atoms with Crippen molar-refractivity contribution in [2.75, 3.05) is 11.9 Å². The van der Waals surface area contributed by atoms with E-state index in [1.807, 2.05) is 19.1 Å². The third-order valence-corrected chi connectivity index (χ3v) is 3.21. The molecule has 18 heavy (non-hydrogen) atoms. The Kier molecular flexibility index (Phi) is 3.87. The minimum atomic E-state index is -0.638. The van der Waals surface area contributed by atoms with Crippen molar-refractivity contribution < 1.29 is 5.11 Å². The second-order valence-corrected chi connectivity index (χ2v) is 5.16. The second kappa shape index (κ2) is 5.40. The molecule has 2 N–H and O–H groups in total. The van der Waals surface area contributed by atoms with E-state index in [4.69, 9.17) is 0 Å². The summed E-state index contributed by atoms with van der Waals surface area (Å²) in [4.78, 5) is 0. The van der Waals surface area contributed by atoms with Crippen molar-refractivity contribution in [2.24, 2.45) is 0 Å². The van der Waals surface area contributed by atoms with E-state index in [1.165, 1.54) is 10.8 Å². The van der Waals surface area contributed by atoms with Gasteiger partial charge in [-0.2, -0.15) is 0 Å². The van der Waals surface area contributed by atoms with Crippen molar-refractivity contribution in [3.8, 4) is 0 Å². The predicted octanol–water partition coefficient (Wildman–Crippen LogP) is 3.80. The lowest BCUT2D eigenvalue weighted by atomic mass is 10.0. The van der Waals surface area contributed by atoms with Crippen LogP contribution in [0.1, 0.15) is 26.7 Å². The number of hydrogen-bond donors (Lipinski definition) is 2. The Morgan fingerprint density at radius 3 is 2.56 bits per heavy atom.